The summed E-state index contributed by atoms with van der Waals surface area (Å²) in [5.74, 6) is -0.286. The van der Waals surface area contributed by atoms with Crippen LogP contribution in [0.5, 0.6) is 5.75 Å². The van der Waals surface area contributed by atoms with Crippen molar-refractivity contribution < 1.29 is 14.2 Å². The molecule has 1 rings (SSSR count). The molecule has 0 radical (unpaired) electrons. The van der Waals surface area contributed by atoms with Gasteiger partial charge < -0.3 is 15.6 Å². The lowest BCUT2D eigenvalue weighted by Gasteiger charge is -2.18. The first kappa shape index (κ1) is 15.2. The molecule has 0 aromatic heterocycles. The Labute approximate surface area is 101 Å². The molecule has 16 heavy (non-hydrogen) atoms. The molecule has 5 heteroatoms. The van der Waals surface area contributed by atoms with Crippen molar-refractivity contribution in [1.82, 2.24) is 0 Å². The summed E-state index contributed by atoms with van der Waals surface area (Å²) in [5, 5.41) is 9.52. The van der Waals surface area contributed by atoms with Crippen LogP contribution >= 0.6 is 12.4 Å². The number of hydrogen-bond acceptors (Lipinski definition) is 3. The Morgan fingerprint density at radius 2 is 2.12 bits per heavy atom. The lowest BCUT2D eigenvalue weighted by molar-refractivity contribution is 0.140. The summed E-state index contributed by atoms with van der Waals surface area (Å²) in [6, 6.07) is 3.90. The fourth-order valence-electron chi connectivity index (χ4n) is 1.37. The summed E-state index contributed by atoms with van der Waals surface area (Å²) >= 11 is 0. The van der Waals surface area contributed by atoms with Gasteiger partial charge in [0.05, 0.1) is 19.3 Å². The average molecular weight is 250 g/mol. The van der Waals surface area contributed by atoms with Crippen LogP contribution in [0.25, 0.3) is 0 Å². The van der Waals surface area contributed by atoms with E-state index < -0.39 is 18.0 Å². The van der Waals surface area contributed by atoms with E-state index in [1.165, 1.54) is 19.2 Å². The quantitative estimate of drug-likeness (QED) is 0.859. The zero-order valence-electron chi connectivity index (χ0n) is 9.31. The van der Waals surface area contributed by atoms with Crippen LogP contribution in [-0.4, -0.2) is 18.3 Å². The number of ether oxygens (including phenoxy) is 1. The first-order valence-electron chi connectivity index (χ1n) is 4.87. The maximum Gasteiger partial charge on any atom is 0.165 e. The van der Waals surface area contributed by atoms with Gasteiger partial charge in [-0.15, -0.1) is 12.4 Å². The topological polar surface area (TPSA) is 55.5 Å². The van der Waals surface area contributed by atoms with Gasteiger partial charge in [0, 0.05) is 0 Å². The van der Waals surface area contributed by atoms with Crippen LogP contribution < -0.4 is 10.5 Å². The minimum atomic E-state index is -0.655. The normalized spacial score (nSPS) is 13.8. The van der Waals surface area contributed by atoms with Crippen molar-refractivity contribution in [3.8, 4) is 5.75 Å². The van der Waals surface area contributed by atoms with Crippen LogP contribution in [0.15, 0.2) is 18.2 Å². The number of methoxy groups -OCH3 is 1. The monoisotopic (exact) mass is 249 g/mol. The summed E-state index contributed by atoms with van der Waals surface area (Å²) in [5.41, 5.74) is 6.32. The third kappa shape index (κ3) is 3.33. The first-order chi connectivity index (χ1) is 7.10. The van der Waals surface area contributed by atoms with E-state index in [1.54, 1.807) is 6.07 Å². The maximum atomic E-state index is 13.3. The molecule has 0 aliphatic heterocycles. The molecule has 3 N–H and O–H groups in total. The molecular weight excluding hydrogens is 233 g/mol. The number of halogens is 2. The molecule has 3 nitrogen and oxygen atoms in total. The molecule has 0 fully saturated rings. The van der Waals surface area contributed by atoms with Gasteiger partial charge in [-0.05, 0) is 24.1 Å². The molecule has 0 bridgehead atoms. The Bertz CT molecular complexity index is 336. The van der Waals surface area contributed by atoms with Crippen LogP contribution in [0.1, 0.15) is 24.9 Å². The molecule has 0 amide bonds. The molecule has 0 saturated carbocycles. The molecule has 92 valence electrons. The molecule has 0 aliphatic carbocycles. The second-order valence-electron chi connectivity index (χ2n) is 3.40. The van der Waals surface area contributed by atoms with E-state index >= 15 is 0 Å². The van der Waals surface area contributed by atoms with Crippen molar-refractivity contribution in [2.24, 2.45) is 5.73 Å². The van der Waals surface area contributed by atoms with Gasteiger partial charge in [-0.25, -0.2) is 4.39 Å². The number of aliphatic hydroxyl groups excluding tert-OH is 1. The number of hydrogen-bond donors (Lipinski definition) is 2. The SMILES string of the molecule is CC[C@@H](O)[C@@H](N)c1ccc(OC)c(F)c1.Cl. The van der Waals surface area contributed by atoms with Crippen molar-refractivity contribution >= 4 is 12.4 Å². The van der Waals surface area contributed by atoms with E-state index in [4.69, 9.17) is 10.5 Å². The molecule has 1 aromatic carbocycles. The maximum absolute atomic E-state index is 13.3. The summed E-state index contributed by atoms with van der Waals surface area (Å²) in [4.78, 5) is 0. The lowest BCUT2D eigenvalue weighted by Crippen LogP contribution is -2.25. The highest BCUT2D eigenvalue weighted by molar-refractivity contribution is 5.85. The Morgan fingerprint density at radius 3 is 2.56 bits per heavy atom. The minimum absolute atomic E-state index is 0. The van der Waals surface area contributed by atoms with Gasteiger partial charge in [-0.3, -0.25) is 0 Å². The van der Waals surface area contributed by atoms with Crippen molar-refractivity contribution in [1.29, 1.82) is 0 Å². The van der Waals surface area contributed by atoms with E-state index in [0.717, 1.165) is 0 Å². The Kier molecular flexibility index (Phi) is 6.33. The Morgan fingerprint density at radius 1 is 1.50 bits per heavy atom. The molecule has 0 heterocycles. The molecule has 0 unspecified atom stereocenters. The van der Waals surface area contributed by atoms with Crippen molar-refractivity contribution in [2.45, 2.75) is 25.5 Å². The number of benzene rings is 1. The number of nitrogens with two attached hydrogens (primary N) is 1. The third-order valence-corrected chi connectivity index (χ3v) is 2.39. The largest absolute Gasteiger partial charge is 0.494 e. The minimum Gasteiger partial charge on any atom is -0.494 e. The number of rotatable bonds is 4. The van der Waals surface area contributed by atoms with E-state index in [1.807, 2.05) is 6.92 Å². The van der Waals surface area contributed by atoms with Crippen molar-refractivity contribution in [3.63, 3.8) is 0 Å². The second-order valence-corrected chi connectivity index (χ2v) is 3.40. The van der Waals surface area contributed by atoms with Crippen LogP contribution in [0.3, 0.4) is 0 Å². The highest BCUT2D eigenvalue weighted by Crippen LogP contribution is 2.23. The highest BCUT2D eigenvalue weighted by Gasteiger charge is 2.16. The first-order valence-corrected chi connectivity index (χ1v) is 4.87. The summed E-state index contributed by atoms with van der Waals surface area (Å²) < 4.78 is 18.1. The van der Waals surface area contributed by atoms with Gasteiger partial charge in [-0.1, -0.05) is 13.0 Å². The lowest BCUT2D eigenvalue weighted by atomic mass is 10.0. The predicted molar refractivity (Wildman–Crippen MR) is 63.4 cm³/mol. The van der Waals surface area contributed by atoms with Crippen LogP contribution in [0.2, 0.25) is 0 Å². The van der Waals surface area contributed by atoms with Gasteiger partial charge in [0.15, 0.2) is 11.6 Å². The predicted octanol–water partition coefficient (Wildman–Crippen LogP) is 2.03. The molecule has 0 spiro atoms. The van der Waals surface area contributed by atoms with Gasteiger partial charge in [0.2, 0.25) is 0 Å². The van der Waals surface area contributed by atoms with Gasteiger partial charge in [0.1, 0.15) is 0 Å². The fraction of sp³-hybridized carbons (Fsp3) is 0.455. The van der Waals surface area contributed by atoms with Gasteiger partial charge in [0.25, 0.3) is 0 Å². The molecule has 2 atom stereocenters. The second kappa shape index (κ2) is 6.68. The van der Waals surface area contributed by atoms with Crippen molar-refractivity contribution in [2.75, 3.05) is 7.11 Å². The van der Waals surface area contributed by atoms with Crippen molar-refractivity contribution in [3.05, 3.63) is 29.6 Å². The zero-order valence-corrected chi connectivity index (χ0v) is 10.1. The van der Waals surface area contributed by atoms with E-state index in [-0.39, 0.29) is 18.2 Å². The summed E-state index contributed by atoms with van der Waals surface area (Å²) in [7, 11) is 1.40. The van der Waals surface area contributed by atoms with Crippen LogP contribution in [0.4, 0.5) is 4.39 Å². The summed E-state index contributed by atoms with van der Waals surface area (Å²) in [6.45, 7) is 1.82. The standard InChI is InChI=1S/C11H16FNO2.ClH/c1-3-9(14)11(13)7-4-5-10(15-2)8(12)6-7;/h4-6,9,11,14H,3,13H2,1-2H3;1H/t9-,11+;/m1./s1. The van der Waals surface area contributed by atoms with Crippen LogP contribution in [-0.2, 0) is 0 Å². The third-order valence-electron chi connectivity index (χ3n) is 2.39. The van der Waals surface area contributed by atoms with E-state index in [9.17, 15) is 9.50 Å². The fourth-order valence-corrected chi connectivity index (χ4v) is 1.37. The van der Waals surface area contributed by atoms with Crippen LogP contribution in [0, 0.1) is 5.82 Å². The zero-order chi connectivity index (χ0) is 11.4. The Balaban J connectivity index is 0.00000225. The van der Waals surface area contributed by atoms with Gasteiger partial charge >= 0.3 is 0 Å². The highest BCUT2D eigenvalue weighted by atomic mass is 35.5. The van der Waals surface area contributed by atoms with E-state index in [2.05, 4.69) is 0 Å². The molecule has 0 saturated heterocycles. The van der Waals surface area contributed by atoms with E-state index in [0.29, 0.717) is 12.0 Å². The average Bonchev–Trinajstić information content (AvgIpc) is 2.26. The molecule has 1 aromatic rings. The Hall–Kier alpha value is -0.840. The number of aliphatic hydroxyl groups is 1. The van der Waals surface area contributed by atoms with Gasteiger partial charge in [-0.2, -0.15) is 0 Å². The smallest absolute Gasteiger partial charge is 0.165 e. The molecule has 0 aliphatic rings. The molecular formula is C11H17ClFNO2. The summed E-state index contributed by atoms with van der Waals surface area (Å²) in [6.07, 6.45) is -0.118.